The number of hydrogen-bond donors (Lipinski definition) is 2. The zero-order chi connectivity index (χ0) is 20.6. The van der Waals surface area contributed by atoms with Crippen LogP contribution in [0.4, 0.5) is 0 Å². The van der Waals surface area contributed by atoms with E-state index in [9.17, 15) is 9.90 Å². The molecule has 148 valence electrons. The Morgan fingerprint density at radius 1 is 1.24 bits per heavy atom. The average molecular weight is 391 g/mol. The van der Waals surface area contributed by atoms with Gasteiger partial charge in [0.1, 0.15) is 0 Å². The molecule has 0 aliphatic heterocycles. The van der Waals surface area contributed by atoms with Gasteiger partial charge in [0, 0.05) is 26.0 Å². The van der Waals surface area contributed by atoms with Gasteiger partial charge < -0.3 is 15.2 Å². The lowest BCUT2D eigenvalue weighted by molar-refractivity contribution is 0.0944. The van der Waals surface area contributed by atoms with E-state index in [2.05, 4.69) is 21.5 Å². The largest absolute Gasteiger partial charge is 0.493 e. The summed E-state index contributed by atoms with van der Waals surface area (Å²) in [5.74, 6) is 0.0918. The van der Waals surface area contributed by atoms with Crippen LogP contribution in [-0.2, 0) is 4.74 Å². The first-order valence-electron chi connectivity index (χ1n) is 9.24. The van der Waals surface area contributed by atoms with Gasteiger partial charge in [-0.1, -0.05) is 12.1 Å². The fourth-order valence-electron chi connectivity index (χ4n) is 2.71. The average Bonchev–Trinajstić information content (AvgIpc) is 3.15. The second-order valence-corrected chi connectivity index (χ2v) is 6.19. The Hall–Kier alpha value is -3.70. The van der Waals surface area contributed by atoms with Gasteiger partial charge in [0.05, 0.1) is 29.0 Å². The summed E-state index contributed by atoms with van der Waals surface area (Å²) in [7, 11) is 0. The van der Waals surface area contributed by atoms with Crippen molar-refractivity contribution in [3.8, 4) is 28.9 Å². The molecule has 2 N–H and O–H groups in total. The smallest absolute Gasteiger partial charge is 0.252 e. The van der Waals surface area contributed by atoms with E-state index in [0.29, 0.717) is 42.3 Å². The molecular weight excluding hydrogens is 370 g/mol. The maximum absolute atomic E-state index is 12.1. The van der Waals surface area contributed by atoms with E-state index >= 15 is 0 Å². The van der Waals surface area contributed by atoms with Gasteiger partial charge in [-0.15, -0.1) is 0 Å². The monoisotopic (exact) mass is 391 g/mol. The third-order valence-corrected chi connectivity index (χ3v) is 4.25. The molecule has 0 unspecified atom stereocenters. The Morgan fingerprint density at radius 2 is 2.03 bits per heavy atom. The summed E-state index contributed by atoms with van der Waals surface area (Å²) in [5.41, 5.74) is 2.21. The van der Waals surface area contributed by atoms with Crippen molar-refractivity contribution in [2.45, 2.75) is 13.3 Å². The van der Waals surface area contributed by atoms with Crippen LogP contribution in [0.15, 0.2) is 48.8 Å². The molecule has 3 rings (SSSR count). The van der Waals surface area contributed by atoms with Gasteiger partial charge in [0.2, 0.25) is 5.88 Å². The van der Waals surface area contributed by atoms with Gasteiger partial charge in [-0.3, -0.25) is 4.79 Å². The molecule has 0 saturated carbocycles. The number of nitrogens with zero attached hydrogens (tertiary/aromatic N) is 4. The Kier molecular flexibility index (Phi) is 6.55. The molecule has 0 radical (unpaired) electrons. The van der Waals surface area contributed by atoms with Crippen molar-refractivity contribution < 1.29 is 14.6 Å². The van der Waals surface area contributed by atoms with Crippen molar-refractivity contribution in [3.63, 3.8) is 0 Å². The minimum atomic E-state index is -0.219. The number of aromatic hydroxyl groups is 1. The molecule has 0 aliphatic rings. The van der Waals surface area contributed by atoms with Crippen molar-refractivity contribution in [2.75, 3.05) is 19.8 Å². The van der Waals surface area contributed by atoms with Gasteiger partial charge in [-0.05, 0) is 43.2 Å². The number of benzene rings is 1. The highest BCUT2D eigenvalue weighted by Gasteiger charge is 2.14. The normalized spacial score (nSPS) is 10.5. The molecule has 0 bridgehead atoms. The molecule has 1 amide bonds. The lowest BCUT2D eigenvalue weighted by Crippen LogP contribution is -2.25. The SMILES string of the molecule is CCOCCCNC(=O)c1ccc(-n2ncc(-c3ccc(C#N)cc3)c2O)nc1. The zero-order valence-corrected chi connectivity index (χ0v) is 16.0. The third-order valence-electron chi connectivity index (χ3n) is 4.25. The second kappa shape index (κ2) is 9.48. The van der Waals surface area contributed by atoms with Crippen LogP contribution in [0.1, 0.15) is 29.3 Å². The Balaban J connectivity index is 1.69. The molecule has 8 nitrogen and oxygen atoms in total. The summed E-state index contributed by atoms with van der Waals surface area (Å²) in [6.45, 7) is 3.71. The van der Waals surface area contributed by atoms with Crippen LogP contribution in [0, 0.1) is 11.3 Å². The lowest BCUT2D eigenvalue weighted by atomic mass is 10.1. The number of rotatable bonds is 8. The topological polar surface area (TPSA) is 113 Å². The van der Waals surface area contributed by atoms with Crippen LogP contribution in [0.3, 0.4) is 0 Å². The number of aromatic nitrogens is 3. The summed E-state index contributed by atoms with van der Waals surface area (Å²) >= 11 is 0. The summed E-state index contributed by atoms with van der Waals surface area (Å²) in [5, 5.41) is 26.4. The molecule has 1 aromatic carbocycles. The fraction of sp³-hybridized carbons (Fsp3) is 0.238. The molecule has 2 heterocycles. The van der Waals surface area contributed by atoms with E-state index in [1.807, 2.05) is 6.92 Å². The van der Waals surface area contributed by atoms with Gasteiger partial charge in [-0.25, -0.2) is 4.98 Å². The number of nitriles is 1. The molecule has 29 heavy (non-hydrogen) atoms. The van der Waals surface area contributed by atoms with E-state index in [-0.39, 0.29) is 11.8 Å². The molecule has 0 aliphatic carbocycles. The Labute approximate surface area is 168 Å². The minimum absolute atomic E-state index is 0.0738. The van der Waals surface area contributed by atoms with Gasteiger partial charge in [0.15, 0.2) is 5.82 Å². The maximum atomic E-state index is 12.1. The lowest BCUT2D eigenvalue weighted by Gasteiger charge is -2.07. The molecule has 8 heteroatoms. The number of carbonyl (C=O) groups excluding carboxylic acids is 1. The number of pyridine rings is 1. The van der Waals surface area contributed by atoms with Crippen molar-refractivity contribution in [1.82, 2.24) is 20.1 Å². The molecule has 2 aromatic heterocycles. The van der Waals surface area contributed by atoms with Crippen LogP contribution in [0.25, 0.3) is 16.9 Å². The van der Waals surface area contributed by atoms with E-state index in [0.717, 1.165) is 12.0 Å². The Bertz CT molecular complexity index is 1000. The molecule has 0 spiro atoms. The zero-order valence-electron chi connectivity index (χ0n) is 16.0. The standard InChI is InChI=1S/C21H21N5O3/c1-2-29-11-3-10-23-20(27)17-8-9-19(24-13-17)26-21(28)18(14-25-26)16-6-4-15(12-22)5-7-16/h4-9,13-14,28H,2-3,10-11H2,1H3,(H,23,27). The number of hydrogen-bond acceptors (Lipinski definition) is 6. The number of amides is 1. The van der Waals surface area contributed by atoms with Crippen molar-refractivity contribution >= 4 is 5.91 Å². The maximum Gasteiger partial charge on any atom is 0.252 e. The molecular formula is C21H21N5O3. The summed E-state index contributed by atoms with van der Waals surface area (Å²) in [6, 6.07) is 12.1. The Morgan fingerprint density at radius 3 is 2.69 bits per heavy atom. The first-order chi connectivity index (χ1) is 14.1. The highest BCUT2D eigenvalue weighted by Crippen LogP contribution is 2.30. The van der Waals surface area contributed by atoms with Crippen LogP contribution in [0.5, 0.6) is 5.88 Å². The molecule has 0 saturated heterocycles. The minimum Gasteiger partial charge on any atom is -0.493 e. The first-order valence-corrected chi connectivity index (χ1v) is 9.24. The number of nitrogens with one attached hydrogen (secondary N) is 1. The van der Waals surface area contributed by atoms with Crippen LogP contribution in [-0.4, -0.2) is 45.5 Å². The van der Waals surface area contributed by atoms with Crippen molar-refractivity contribution in [2.24, 2.45) is 0 Å². The first kappa shape index (κ1) is 20.0. The summed E-state index contributed by atoms with van der Waals surface area (Å²) < 4.78 is 6.52. The van der Waals surface area contributed by atoms with Crippen LogP contribution in [0.2, 0.25) is 0 Å². The highest BCUT2D eigenvalue weighted by atomic mass is 16.5. The van der Waals surface area contributed by atoms with Crippen LogP contribution >= 0.6 is 0 Å². The number of ether oxygens (including phenoxy) is 1. The fourth-order valence-corrected chi connectivity index (χ4v) is 2.71. The number of carbonyl (C=O) groups is 1. The molecule has 0 fully saturated rings. The van der Waals surface area contributed by atoms with E-state index in [1.54, 1.807) is 36.4 Å². The van der Waals surface area contributed by atoms with Gasteiger partial charge >= 0.3 is 0 Å². The predicted octanol–water partition coefficient (Wildman–Crippen LogP) is 2.67. The van der Waals surface area contributed by atoms with E-state index in [1.165, 1.54) is 17.1 Å². The van der Waals surface area contributed by atoms with E-state index in [4.69, 9.17) is 10.00 Å². The van der Waals surface area contributed by atoms with Gasteiger partial charge in [-0.2, -0.15) is 15.0 Å². The predicted molar refractivity (Wildman–Crippen MR) is 107 cm³/mol. The van der Waals surface area contributed by atoms with E-state index < -0.39 is 0 Å². The summed E-state index contributed by atoms with van der Waals surface area (Å²) in [6.07, 6.45) is 3.71. The molecule has 3 aromatic rings. The third kappa shape index (κ3) is 4.78. The van der Waals surface area contributed by atoms with Gasteiger partial charge in [0.25, 0.3) is 5.91 Å². The summed E-state index contributed by atoms with van der Waals surface area (Å²) in [4.78, 5) is 16.4. The van der Waals surface area contributed by atoms with Crippen molar-refractivity contribution in [3.05, 3.63) is 59.9 Å². The molecule has 0 atom stereocenters. The highest BCUT2D eigenvalue weighted by molar-refractivity contribution is 5.93. The van der Waals surface area contributed by atoms with Crippen LogP contribution < -0.4 is 5.32 Å². The van der Waals surface area contributed by atoms with Crippen molar-refractivity contribution in [1.29, 1.82) is 5.26 Å². The second-order valence-electron chi connectivity index (χ2n) is 6.19. The quantitative estimate of drug-likeness (QED) is 0.571.